The lowest BCUT2D eigenvalue weighted by Crippen LogP contribution is -2.39. The van der Waals surface area contributed by atoms with Crippen LogP contribution in [0, 0.1) is 5.92 Å². The van der Waals surface area contributed by atoms with Crippen molar-refractivity contribution in [3.8, 4) is 33.8 Å². The van der Waals surface area contributed by atoms with Gasteiger partial charge in [-0.1, -0.05) is 60.7 Å². The van der Waals surface area contributed by atoms with Gasteiger partial charge >= 0.3 is 18.3 Å². The molecule has 0 bridgehead atoms. The summed E-state index contributed by atoms with van der Waals surface area (Å²) in [5, 5.41) is 0. The van der Waals surface area contributed by atoms with Gasteiger partial charge in [0, 0.05) is 51.9 Å². The molecule has 3 aliphatic heterocycles. The number of likely N-dealkylation sites (tertiary alicyclic amines) is 1. The highest BCUT2D eigenvalue weighted by Crippen LogP contribution is 2.45. The quantitative estimate of drug-likeness (QED) is 0.0647. The van der Waals surface area contributed by atoms with Gasteiger partial charge in [-0.3, -0.25) is 19.3 Å². The first-order chi connectivity index (χ1) is 33.1. The Morgan fingerprint density at radius 3 is 1.58 bits per heavy atom. The molecule has 2 amide bonds. The number of thiophene rings is 2. The average molecular weight is 1010 g/mol. The summed E-state index contributed by atoms with van der Waals surface area (Å²) in [4.78, 5) is 42.0. The summed E-state index contributed by atoms with van der Waals surface area (Å²) >= 11 is 7.03. The van der Waals surface area contributed by atoms with Crippen molar-refractivity contribution in [3.05, 3.63) is 140 Å². The van der Waals surface area contributed by atoms with Gasteiger partial charge in [-0.2, -0.15) is 26.3 Å². The molecule has 69 heavy (non-hydrogen) atoms. The van der Waals surface area contributed by atoms with Crippen molar-refractivity contribution < 1.29 is 54.9 Å². The van der Waals surface area contributed by atoms with Crippen LogP contribution in [0.1, 0.15) is 44.0 Å². The number of carbonyl (C=O) groups excluding carboxylic acids is 3. The van der Waals surface area contributed by atoms with Gasteiger partial charge in [-0.15, -0.1) is 34.3 Å². The summed E-state index contributed by atoms with van der Waals surface area (Å²) < 4.78 is 98.4. The van der Waals surface area contributed by atoms with Crippen molar-refractivity contribution in [1.29, 1.82) is 0 Å². The van der Waals surface area contributed by atoms with Crippen LogP contribution in [0.2, 0.25) is 0 Å². The van der Waals surface area contributed by atoms with E-state index in [1.807, 2.05) is 23.1 Å². The van der Waals surface area contributed by atoms with Gasteiger partial charge in [-0.25, -0.2) is 0 Å². The van der Waals surface area contributed by atoms with Crippen LogP contribution in [0.5, 0.6) is 11.5 Å². The largest absolute Gasteiger partial charge is 0.488 e. The monoisotopic (exact) mass is 1010 g/mol. The Hall–Kier alpha value is -5.88. The van der Waals surface area contributed by atoms with Crippen LogP contribution < -0.4 is 19.3 Å². The van der Waals surface area contributed by atoms with E-state index >= 15 is 0 Å². The number of rotatable bonds is 13. The molecule has 0 saturated carbocycles. The molecule has 1 saturated heterocycles. The van der Waals surface area contributed by atoms with E-state index in [0.717, 1.165) is 22.5 Å². The Balaban J connectivity index is 0.000000192. The normalized spacial score (nSPS) is 15.6. The zero-order valence-corrected chi connectivity index (χ0v) is 39.6. The van der Waals surface area contributed by atoms with E-state index in [9.17, 15) is 40.7 Å². The fraction of sp³-hybridized carbons (Fsp3) is 0.314. The van der Waals surface area contributed by atoms with Crippen LogP contribution in [0.15, 0.2) is 109 Å². The van der Waals surface area contributed by atoms with Gasteiger partial charge in [-0.05, 0) is 104 Å². The fourth-order valence-corrected chi connectivity index (χ4v) is 10.7. The lowest BCUT2D eigenvalue weighted by molar-refractivity contribution is -0.147. The lowest BCUT2D eigenvalue weighted by Gasteiger charge is -2.22. The van der Waals surface area contributed by atoms with Crippen LogP contribution in [-0.2, 0) is 57.5 Å². The SMILES string of the molecule is CCOC(=O)C1CCN(CC(=O)N2CCc3cc(OCc4cc(-c5ccccc5)c(C(F)(F)F)s4)ccc32)C1.O=C(CCl)N1CCc2cc(OCc3cc(-c4ccccc4)c(C(F)(F)F)s3)ccc21. The van der Waals surface area contributed by atoms with Crippen molar-refractivity contribution in [3.63, 3.8) is 0 Å². The van der Waals surface area contributed by atoms with Gasteiger partial charge in [0.2, 0.25) is 11.8 Å². The highest BCUT2D eigenvalue weighted by atomic mass is 35.5. The lowest BCUT2D eigenvalue weighted by atomic mass is 10.1. The first kappa shape index (κ1) is 49.5. The number of fused-ring (bicyclic) bond motifs is 2. The summed E-state index contributed by atoms with van der Waals surface area (Å²) in [6, 6.07) is 30.9. The zero-order valence-electron chi connectivity index (χ0n) is 37.2. The van der Waals surface area contributed by atoms with Crippen LogP contribution in [-0.4, -0.2) is 67.9 Å². The number of halogens is 7. The van der Waals surface area contributed by atoms with Crippen molar-refractivity contribution in [2.24, 2.45) is 5.92 Å². The number of amides is 2. The molecular formula is C51H46ClF6N3O6S2. The second-order valence-corrected chi connectivity index (χ2v) is 19.0. The van der Waals surface area contributed by atoms with E-state index in [2.05, 4.69) is 0 Å². The van der Waals surface area contributed by atoms with Crippen LogP contribution in [0.25, 0.3) is 22.3 Å². The molecule has 3 aliphatic rings. The Labute approximate surface area is 407 Å². The highest BCUT2D eigenvalue weighted by molar-refractivity contribution is 7.13. The number of ether oxygens (including phenoxy) is 3. The standard InChI is InChI=1S/C29H29F3N2O4S.C22H17ClF3NO2S/c1-2-37-28(36)21-10-12-33(16-21)17-26(35)34-13-11-20-14-22(8-9-25(20)34)38-18-23-15-24(19-6-4-3-5-7-19)27(39-23)29(30,31)32;23-12-20(28)27-9-8-15-10-16(6-7-19(15)27)29-13-17-11-18(14-4-2-1-3-5-14)21(30-17)22(24,25)26/h3-9,14-15,21H,2,10-13,16-18H2,1H3;1-7,10-11H,8-9,12-13H2. The number of benzene rings is 4. The molecule has 362 valence electrons. The molecule has 1 atom stereocenters. The minimum atomic E-state index is -4.45. The molecule has 0 spiro atoms. The van der Waals surface area contributed by atoms with Crippen LogP contribution >= 0.6 is 34.3 Å². The second-order valence-electron chi connectivity index (χ2n) is 16.5. The molecule has 9 nitrogen and oxygen atoms in total. The molecule has 5 heterocycles. The maximum atomic E-state index is 13.7. The predicted octanol–water partition coefficient (Wildman–Crippen LogP) is 11.9. The molecule has 0 N–H and O–H groups in total. The van der Waals surface area contributed by atoms with Gasteiger partial charge in [0.15, 0.2) is 0 Å². The Morgan fingerprint density at radius 2 is 1.13 bits per heavy atom. The van der Waals surface area contributed by atoms with Gasteiger partial charge in [0.05, 0.1) is 19.1 Å². The molecule has 4 aromatic carbocycles. The molecule has 0 radical (unpaired) electrons. The molecule has 1 fully saturated rings. The molecule has 18 heteroatoms. The van der Waals surface area contributed by atoms with Crippen molar-refractivity contribution in [1.82, 2.24) is 4.90 Å². The Bertz CT molecular complexity index is 2780. The first-order valence-corrected chi connectivity index (χ1v) is 24.3. The van der Waals surface area contributed by atoms with E-state index < -0.39 is 22.1 Å². The van der Waals surface area contributed by atoms with Gasteiger partial charge < -0.3 is 24.0 Å². The third kappa shape index (κ3) is 11.8. The number of carbonyl (C=O) groups is 3. The summed E-state index contributed by atoms with van der Waals surface area (Å²) in [6.45, 7) is 4.71. The molecule has 0 aliphatic carbocycles. The molecule has 6 aromatic rings. The third-order valence-corrected chi connectivity index (χ3v) is 14.4. The van der Waals surface area contributed by atoms with Gasteiger partial charge in [0.1, 0.15) is 40.3 Å². The molecule has 2 aromatic heterocycles. The third-order valence-electron chi connectivity index (χ3n) is 11.9. The summed E-state index contributed by atoms with van der Waals surface area (Å²) in [5.41, 5.74) is 4.88. The minimum absolute atomic E-state index is 0.0125. The number of anilines is 2. The number of hydrogen-bond acceptors (Lipinski definition) is 9. The first-order valence-electron chi connectivity index (χ1n) is 22.2. The van der Waals surface area contributed by atoms with Crippen molar-refractivity contribution in [2.75, 3.05) is 55.0 Å². The van der Waals surface area contributed by atoms with Crippen LogP contribution in [0.3, 0.4) is 0 Å². The maximum Gasteiger partial charge on any atom is 0.426 e. The van der Waals surface area contributed by atoms with E-state index in [4.69, 9.17) is 25.8 Å². The molecule has 9 rings (SSSR count). The summed E-state index contributed by atoms with van der Waals surface area (Å²) in [5.74, 6) is 0.429. The molecular weight excluding hydrogens is 964 g/mol. The second kappa shape index (κ2) is 21.4. The fourth-order valence-electron chi connectivity index (χ4n) is 8.65. The number of nitrogens with zero attached hydrogens (tertiary/aromatic N) is 3. The van der Waals surface area contributed by atoms with Crippen molar-refractivity contribution >= 4 is 63.4 Å². The Morgan fingerprint density at radius 1 is 0.652 bits per heavy atom. The number of alkyl halides is 7. The van der Waals surface area contributed by atoms with E-state index in [0.29, 0.717) is 107 Å². The summed E-state index contributed by atoms with van der Waals surface area (Å²) in [6.07, 6.45) is -6.85. The van der Waals surface area contributed by atoms with Crippen LogP contribution in [0.4, 0.5) is 37.7 Å². The van der Waals surface area contributed by atoms with Crippen molar-refractivity contribution in [2.45, 2.75) is 51.8 Å². The Kier molecular flexibility index (Phi) is 15.4. The minimum Gasteiger partial charge on any atom is -0.488 e. The van der Waals surface area contributed by atoms with E-state index in [1.54, 1.807) is 102 Å². The maximum absolute atomic E-state index is 13.7. The number of hydrogen-bond donors (Lipinski definition) is 0. The predicted molar refractivity (Wildman–Crippen MR) is 255 cm³/mol. The average Bonchev–Trinajstić information content (AvgIpc) is 4.20. The summed E-state index contributed by atoms with van der Waals surface area (Å²) in [7, 11) is 0. The van der Waals surface area contributed by atoms with E-state index in [1.165, 1.54) is 6.07 Å². The zero-order chi connectivity index (χ0) is 48.9. The topological polar surface area (TPSA) is 88.6 Å². The van der Waals surface area contributed by atoms with E-state index in [-0.39, 0.29) is 60.5 Å². The smallest absolute Gasteiger partial charge is 0.426 e. The number of esters is 1. The van der Waals surface area contributed by atoms with Gasteiger partial charge in [0.25, 0.3) is 0 Å². The molecule has 1 unspecified atom stereocenters. The highest BCUT2D eigenvalue weighted by Gasteiger charge is 2.38.